The van der Waals surface area contributed by atoms with Gasteiger partial charge in [-0.25, -0.2) is 8.91 Å². The van der Waals surface area contributed by atoms with E-state index >= 15 is 0 Å². The normalized spacial score (nSPS) is 11.4. The highest BCUT2D eigenvalue weighted by Crippen LogP contribution is 2.21. The van der Waals surface area contributed by atoms with Gasteiger partial charge in [-0.15, -0.1) is 0 Å². The molecule has 0 amide bonds. The van der Waals surface area contributed by atoms with Crippen molar-refractivity contribution in [1.82, 2.24) is 9.61 Å². The van der Waals surface area contributed by atoms with Gasteiger partial charge in [-0.05, 0) is 18.1 Å². The van der Waals surface area contributed by atoms with Crippen LogP contribution in [0.25, 0.3) is 5.52 Å². The van der Waals surface area contributed by atoms with Gasteiger partial charge in [0.1, 0.15) is 11.3 Å². The summed E-state index contributed by atoms with van der Waals surface area (Å²) in [7, 11) is 0. The summed E-state index contributed by atoms with van der Waals surface area (Å²) in [4.78, 5) is 0. The van der Waals surface area contributed by atoms with Crippen LogP contribution in [0, 0.1) is 5.82 Å². The quantitative estimate of drug-likeness (QED) is 0.656. The zero-order valence-electron chi connectivity index (χ0n) is 7.66. The van der Waals surface area contributed by atoms with Crippen LogP contribution in [-0.4, -0.2) is 9.61 Å². The Morgan fingerprint density at radius 3 is 2.92 bits per heavy atom. The van der Waals surface area contributed by atoms with Gasteiger partial charge in [0.15, 0.2) is 0 Å². The lowest BCUT2D eigenvalue weighted by Crippen LogP contribution is -1.91. The second kappa shape index (κ2) is 2.83. The van der Waals surface area contributed by atoms with Crippen LogP contribution in [0.4, 0.5) is 4.39 Å². The van der Waals surface area contributed by atoms with Crippen molar-refractivity contribution in [2.24, 2.45) is 0 Å². The Morgan fingerprint density at radius 1 is 1.46 bits per heavy atom. The molecule has 3 heteroatoms. The van der Waals surface area contributed by atoms with E-state index in [0.717, 1.165) is 5.56 Å². The number of fused-ring (bicyclic) bond motifs is 1. The van der Waals surface area contributed by atoms with E-state index < -0.39 is 0 Å². The van der Waals surface area contributed by atoms with E-state index in [1.165, 1.54) is 6.07 Å². The fraction of sp³-hybridized carbons (Fsp3) is 0.300. The minimum Gasteiger partial charge on any atom is -0.238 e. The Hall–Kier alpha value is -1.38. The first-order valence-corrected chi connectivity index (χ1v) is 4.32. The molecule has 68 valence electrons. The Bertz CT molecular complexity index is 431. The predicted octanol–water partition coefficient (Wildman–Crippen LogP) is 2.60. The third kappa shape index (κ3) is 1.20. The molecule has 2 aromatic heterocycles. The molecule has 0 spiro atoms. The molecule has 0 N–H and O–H groups in total. The number of nitrogens with zero attached hydrogens (tertiary/aromatic N) is 2. The van der Waals surface area contributed by atoms with Crippen molar-refractivity contribution in [2.45, 2.75) is 19.8 Å². The van der Waals surface area contributed by atoms with E-state index in [0.29, 0.717) is 11.4 Å². The van der Waals surface area contributed by atoms with E-state index in [-0.39, 0.29) is 5.82 Å². The Kier molecular flexibility index (Phi) is 1.79. The third-order valence-electron chi connectivity index (χ3n) is 2.14. The summed E-state index contributed by atoms with van der Waals surface area (Å²) in [5.74, 6) is 0.0955. The first-order valence-electron chi connectivity index (χ1n) is 4.32. The summed E-state index contributed by atoms with van der Waals surface area (Å²) >= 11 is 0. The predicted molar refractivity (Wildman–Crippen MR) is 49.2 cm³/mol. The van der Waals surface area contributed by atoms with Gasteiger partial charge in [0.25, 0.3) is 0 Å². The van der Waals surface area contributed by atoms with Crippen LogP contribution in [-0.2, 0) is 0 Å². The molecule has 0 aromatic carbocycles. The van der Waals surface area contributed by atoms with E-state index in [4.69, 9.17) is 0 Å². The Balaban J connectivity index is 2.79. The zero-order valence-corrected chi connectivity index (χ0v) is 7.66. The molecule has 0 aliphatic heterocycles. The van der Waals surface area contributed by atoms with Gasteiger partial charge in [-0.1, -0.05) is 13.8 Å². The molecule has 0 atom stereocenters. The molecule has 0 saturated heterocycles. The number of halogens is 1. The molecule has 0 saturated carbocycles. The average molecular weight is 178 g/mol. The van der Waals surface area contributed by atoms with Crippen LogP contribution in [0.15, 0.2) is 24.5 Å². The van der Waals surface area contributed by atoms with Crippen molar-refractivity contribution in [1.29, 1.82) is 0 Å². The first kappa shape index (κ1) is 8.23. The van der Waals surface area contributed by atoms with E-state index in [1.807, 2.05) is 13.8 Å². The van der Waals surface area contributed by atoms with Crippen molar-refractivity contribution in [3.05, 3.63) is 35.9 Å². The maximum Gasteiger partial charge on any atom is 0.149 e. The molecule has 0 aliphatic carbocycles. The minimum absolute atomic E-state index is 0.205. The van der Waals surface area contributed by atoms with E-state index in [1.54, 1.807) is 23.0 Å². The number of rotatable bonds is 1. The molecular formula is C10H11FN2. The summed E-state index contributed by atoms with van der Waals surface area (Å²) in [5.41, 5.74) is 1.55. The Labute approximate surface area is 76.0 Å². The largest absolute Gasteiger partial charge is 0.238 e. The van der Waals surface area contributed by atoms with Gasteiger partial charge < -0.3 is 0 Å². The smallest absolute Gasteiger partial charge is 0.149 e. The molecule has 2 aromatic rings. The topological polar surface area (TPSA) is 17.3 Å². The summed E-state index contributed by atoms with van der Waals surface area (Å²) in [5, 5.41) is 4.08. The highest BCUT2D eigenvalue weighted by atomic mass is 19.1. The molecular weight excluding hydrogens is 167 g/mol. The standard InChI is InChI=1S/C10H11FN2/c1-7(2)8-6-12-13-5-3-4-9(11)10(8)13/h3-7H,1-2H3. The lowest BCUT2D eigenvalue weighted by molar-refractivity contribution is 0.628. The van der Waals surface area contributed by atoms with Crippen LogP contribution in [0.2, 0.25) is 0 Å². The van der Waals surface area contributed by atoms with Crippen LogP contribution in [0.5, 0.6) is 0 Å². The molecule has 0 bridgehead atoms. The summed E-state index contributed by atoms with van der Waals surface area (Å²) in [6, 6.07) is 3.11. The van der Waals surface area contributed by atoms with Gasteiger partial charge >= 0.3 is 0 Å². The first-order chi connectivity index (χ1) is 6.20. The second-order valence-electron chi connectivity index (χ2n) is 3.40. The van der Waals surface area contributed by atoms with E-state index in [2.05, 4.69) is 5.10 Å². The molecule has 0 radical (unpaired) electrons. The number of aromatic nitrogens is 2. The summed E-state index contributed by atoms with van der Waals surface area (Å²) in [6.07, 6.45) is 3.48. The fourth-order valence-corrected chi connectivity index (χ4v) is 1.45. The zero-order chi connectivity index (χ0) is 9.42. The van der Waals surface area contributed by atoms with Gasteiger partial charge in [-0.3, -0.25) is 0 Å². The number of hydrogen-bond acceptors (Lipinski definition) is 1. The van der Waals surface area contributed by atoms with Crippen LogP contribution < -0.4 is 0 Å². The fourth-order valence-electron chi connectivity index (χ4n) is 1.45. The van der Waals surface area contributed by atoms with Crippen LogP contribution in [0.1, 0.15) is 25.3 Å². The summed E-state index contributed by atoms with van der Waals surface area (Å²) in [6.45, 7) is 4.06. The molecule has 2 heterocycles. The van der Waals surface area contributed by atoms with Crippen molar-refractivity contribution in [3.8, 4) is 0 Å². The lowest BCUT2D eigenvalue weighted by atomic mass is 10.1. The van der Waals surface area contributed by atoms with Gasteiger partial charge in [0, 0.05) is 11.8 Å². The average Bonchev–Trinajstić information content (AvgIpc) is 2.49. The summed E-state index contributed by atoms with van der Waals surface area (Å²) < 4.78 is 15.0. The van der Waals surface area contributed by atoms with Crippen LogP contribution >= 0.6 is 0 Å². The number of hydrogen-bond donors (Lipinski definition) is 0. The van der Waals surface area contributed by atoms with Gasteiger partial charge in [0.05, 0.1) is 6.20 Å². The maximum atomic E-state index is 13.4. The SMILES string of the molecule is CC(C)c1cnn2cccc(F)c12. The van der Waals surface area contributed by atoms with Crippen molar-refractivity contribution >= 4 is 5.52 Å². The van der Waals surface area contributed by atoms with E-state index in [9.17, 15) is 4.39 Å². The Morgan fingerprint density at radius 2 is 2.23 bits per heavy atom. The molecule has 2 nitrogen and oxygen atoms in total. The highest BCUT2D eigenvalue weighted by molar-refractivity contribution is 5.55. The van der Waals surface area contributed by atoms with Crippen molar-refractivity contribution < 1.29 is 4.39 Å². The monoisotopic (exact) mass is 178 g/mol. The molecule has 0 unspecified atom stereocenters. The highest BCUT2D eigenvalue weighted by Gasteiger charge is 2.10. The van der Waals surface area contributed by atoms with Crippen molar-refractivity contribution in [2.75, 3.05) is 0 Å². The minimum atomic E-state index is -0.205. The van der Waals surface area contributed by atoms with Gasteiger partial charge in [0.2, 0.25) is 0 Å². The van der Waals surface area contributed by atoms with Crippen molar-refractivity contribution in [3.63, 3.8) is 0 Å². The molecule has 2 rings (SSSR count). The second-order valence-corrected chi connectivity index (χ2v) is 3.40. The third-order valence-corrected chi connectivity index (χ3v) is 2.14. The molecule has 13 heavy (non-hydrogen) atoms. The maximum absolute atomic E-state index is 13.4. The van der Waals surface area contributed by atoms with Crippen LogP contribution in [0.3, 0.4) is 0 Å². The molecule has 0 aliphatic rings. The number of pyridine rings is 1. The lowest BCUT2D eigenvalue weighted by Gasteiger charge is -2.02. The molecule has 0 fully saturated rings. The van der Waals surface area contributed by atoms with Gasteiger partial charge in [-0.2, -0.15) is 5.10 Å².